The Bertz CT molecular complexity index is 625. The summed E-state index contributed by atoms with van der Waals surface area (Å²) in [7, 11) is 3.68. The maximum absolute atomic E-state index is 6.36. The van der Waals surface area contributed by atoms with Crippen LogP contribution in [0.2, 0.25) is 5.02 Å². The van der Waals surface area contributed by atoms with E-state index in [0.29, 0.717) is 0 Å². The van der Waals surface area contributed by atoms with Gasteiger partial charge in [0.15, 0.2) is 0 Å². The van der Waals surface area contributed by atoms with Gasteiger partial charge in [0.05, 0.1) is 7.11 Å². The lowest BCUT2D eigenvalue weighted by molar-refractivity contribution is 0.401. The van der Waals surface area contributed by atoms with Crippen LogP contribution in [0, 0.1) is 13.8 Å². The lowest BCUT2D eigenvalue weighted by atomic mass is 9.96. The first-order valence-electron chi connectivity index (χ1n) is 7.12. The van der Waals surface area contributed by atoms with Crippen LogP contribution in [-0.4, -0.2) is 14.2 Å². The van der Waals surface area contributed by atoms with Gasteiger partial charge in [0.1, 0.15) is 5.75 Å². The maximum atomic E-state index is 6.36. The summed E-state index contributed by atoms with van der Waals surface area (Å²) in [6.45, 7) is 4.12. The van der Waals surface area contributed by atoms with E-state index in [1.807, 2.05) is 20.0 Å². The van der Waals surface area contributed by atoms with Gasteiger partial charge in [-0.05, 0) is 56.1 Å². The highest BCUT2D eigenvalue weighted by Gasteiger charge is 2.16. The molecule has 0 radical (unpaired) electrons. The topological polar surface area (TPSA) is 21.3 Å². The second-order valence-electron chi connectivity index (χ2n) is 5.39. The minimum absolute atomic E-state index is 0.167. The largest absolute Gasteiger partial charge is 0.496 e. The molecule has 0 saturated heterocycles. The molecule has 0 aromatic heterocycles. The molecule has 2 aromatic rings. The smallest absolute Gasteiger partial charge is 0.123 e. The fourth-order valence-electron chi connectivity index (χ4n) is 2.51. The number of benzene rings is 2. The van der Waals surface area contributed by atoms with Crippen molar-refractivity contribution in [1.29, 1.82) is 0 Å². The normalized spacial score (nSPS) is 12.2. The van der Waals surface area contributed by atoms with Crippen molar-refractivity contribution in [2.75, 3.05) is 14.2 Å². The number of methoxy groups -OCH3 is 1. The molecule has 0 heterocycles. The number of likely N-dealkylation sites (N-methyl/N-ethyl adjacent to an activating group) is 1. The molecule has 0 amide bonds. The van der Waals surface area contributed by atoms with Crippen molar-refractivity contribution in [3.63, 3.8) is 0 Å². The molecule has 0 spiro atoms. The van der Waals surface area contributed by atoms with Crippen molar-refractivity contribution in [3.8, 4) is 5.75 Å². The molecule has 112 valence electrons. The van der Waals surface area contributed by atoms with Crippen LogP contribution in [0.15, 0.2) is 36.4 Å². The molecule has 0 aliphatic rings. The van der Waals surface area contributed by atoms with Gasteiger partial charge in [-0.1, -0.05) is 35.9 Å². The molecule has 1 unspecified atom stereocenters. The molecule has 2 nitrogen and oxygen atoms in total. The van der Waals surface area contributed by atoms with Crippen molar-refractivity contribution >= 4 is 11.6 Å². The zero-order valence-corrected chi connectivity index (χ0v) is 13.8. The zero-order valence-electron chi connectivity index (χ0n) is 13.0. The number of nitrogens with one attached hydrogen (secondary N) is 1. The fourth-order valence-corrected chi connectivity index (χ4v) is 2.82. The first-order valence-corrected chi connectivity index (χ1v) is 7.49. The molecule has 1 atom stereocenters. The van der Waals surface area contributed by atoms with Gasteiger partial charge in [-0.2, -0.15) is 0 Å². The van der Waals surface area contributed by atoms with Crippen LogP contribution in [-0.2, 0) is 6.42 Å². The number of halogens is 1. The highest BCUT2D eigenvalue weighted by Crippen LogP contribution is 2.30. The number of hydrogen-bond acceptors (Lipinski definition) is 2. The lowest BCUT2D eigenvalue weighted by Gasteiger charge is -2.20. The second kappa shape index (κ2) is 6.97. The van der Waals surface area contributed by atoms with Crippen molar-refractivity contribution in [2.45, 2.75) is 26.3 Å². The van der Waals surface area contributed by atoms with E-state index in [4.69, 9.17) is 16.3 Å². The van der Waals surface area contributed by atoms with E-state index in [0.717, 1.165) is 28.3 Å². The summed E-state index contributed by atoms with van der Waals surface area (Å²) in [5, 5.41) is 4.18. The van der Waals surface area contributed by atoms with Crippen molar-refractivity contribution < 1.29 is 4.74 Å². The highest BCUT2D eigenvalue weighted by atomic mass is 35.5. The third-order valence-corrected chi connectivity index (χ3v) is 4.10. The Balaban J connectivity index is 2.32. The Morgan fingerprint density at radius 3 is 2.38 bits per heavy atom. The molecule has 2 rings (SSSR count). The predicted octanol–water partition coefficient (Wildman–Crippen LogP) is 4.47. The van der Waals surface area contributed by atoms with Gasteiger partial charge in [-0.25, -0.2) is 0 Å². The third kappa shape index (κ3) is 3.78. The van der Waals surface area contributed by atoms with Gasteiger partial charge in [0.25, 0.3) is 0 Å². The highest BCUT2D eigenvalue weighted by molar-refractivity contribution is 6.31. The molecule has 0 fully saturated rings. The van der Waals surface area contributed by atoms with Crippen molar-refractivity contribution in [1.82, 2.24) is 5.32 Å². The number of rotatable bonds is 5. The quantitative estimate of drug-likeness (QED) is 0.880. The van der Waals surface area contributed by atoms with Gasteiger partial charge >= 0.3 is 0 Å². The van der Waals surface area contributed by atoms with Crippen LogP contribution >= 0.6 is 11.6 Å². The van der Waals surface area contributed by atoms with Crippen molar-refractivity contribution in [3.05, 3.63) is 63.7 Å². The summed E-state index contributed by atoms with van der Waals surface area (Å²) in [5.74, 6) is 0.914. The molecule has 3 heteroatoms. The van der Waals surface area contributed by atoms with Gasteiger partial charge in [-0.15, -0.1) is 0 Å². The summed E-state index contributed by atoms with van der Waals surface area (Å²) >= 11 is 6.36. The maximum Gasteiger partial charge on any atom is 0.123 e. The standard InChI is InChI=1S/C18H22ClNO/c1-12-5-7-14(16(19)9-12)11-17(20-3)15-8-6-13(2)10-18(15)21-4/h5-10,17,20H,11H2,1-4H3. The van der Waals surface area contributed by atoms with E-state index in [9.17, 15) is 0 Å². The SMILES string of the molecule is CNC(Cc1ccc(C)cc1Cl)c1ccc(C)cc1OC. The Kier molecular flexibility index (Phi) is 5.27. The van der Waals surface area contributed by atoms with E-state index < -0.39 is 0 Å². The summed E-state index contributed by atoms with van der Waals surface area (Å²) in [6, 6.07) is 12.7. The minimum Gasteiger partial charge on any atom is -0.496 e. The van der Waals surface area contributed by atoms with E-state index >= 15 is 0 Å². The molecule has 0 bridgehead atoms. The van der Waals surface area contributed by atoms with Crippen molar-refractivity contribution in [2.24, 2.45) is 0 Å². The number of hydrogen-bond donors (Lipinski definition) is 1. The van der Waals surface area contributed by atoms with Crippen LogP contribution in [0.3, 0.4) is 0 Å². The van der Waals surface area contributed by atoms with Crippen LogP contribution in [0.5, 0.6) is 5.75 Å². The summed E-state index contributed by atoms with van der Waals surface area (Å²) in [6.07, 6.45) is 0.828. The number of ether oxygens (including phenoxy) is 1. The van der Waals surface area contributed by atoms with Crippen LogP contribution in [0.1, 0.15) is 28.3 Å². The molecule has 0 aliphatic heterocycles. The molecule has 2 aromatic carbocycles. The minimum atomic E-state index is 0.167. The molecular formula is C18H22ClNO. The average Bonchev–Trinajstić information content (AvgIpc) is 2.47. The summed E-state index contributed by atoms with van der Waals surface area (Å²) < 4.78 is 5.52. The Morgan fingerprint density at radius 2 is 1.76 bits per heavy atom. The molecule has 1 N–H and O–H groups in total. The van der Waals surface area contributed by atoms with Gasteiger partial charge in [-0.3, -0.25) is 0 Å². The Morgan fingerprint density at radius 1 is 1.10 bits per heavy atom. The number of aryl methyl sites for hydroxylation is 2. The summed E-state index contributed by atoms with van der Waals surface area (Å²) in [5.41, 5.74) is 4.67. The van der Waals surface area contributed by atoms with E-state index in [-0.39, 0.29) is 6.04 Å². The average molecular weight is 304 g/mol. The lowest BCUT2D eigenvalue weighted by Crippen LogP contribution is -2.19. The van der Waals surface area contributed by atoms with Gasteiger partial charge < -0.3 is 10.1 Å². The molecule has 0 saturated carbocycles. The first-order chi connectivity index (χ1) is 10.0. The van der Waals surface area contributed by atoms with Crippen LogP contribution in [0.25, 0.3) is 0 Å². The van der Waals surface area contributed by atoms with E-state index in [2.05, 4.69) is 42.6 Å². The second-order valence-corrected chi connectivity index (χ2v) is 5.79. The molecule has 21 heavy (non-hydrogen) atoms. The van der Waals surface area contributed by atoms with E-state index in [1.54, 1.807) is 7.11 Å². The molecule has 0 aliphatic carbocycles. The predicted molar refractivity (Wildman–Crippen MR) is 89.4 cm³/mol. The molecular weight excluding hydrogens is 282 g/mol. The Hall–Kier alpha value is -1.51. The first kappa shape index (κ1) is 15.9. The van der Waals surface area contributed by atoms with E-state index in [1.165, 1.54) is 11.1 Å². The summed E-state index contributed by atoms with van der Waals surface area (Å²) in [4.78, 5) is 0. The monoisotopic (exact) mass is 303 g/mol. The third-order valence-electron chi connectivity index (χ3n) is 3.75. The van der Waals surface area contributed by atoms with Crippen LogP contribution in [0.4, 0.5) is 0 Å². The fraction of sp³-hybridized carbons (Fsp3) is 0.333. The Labute approximate surface area is 132 Å². The zero-order chi connectivity index (χ0) is 15.4. The van der Waals surface area contributed by atoms with Crippen LogP contribution < -0.4 is 10.1 Å². The van der Waals surface area contributed by atoms with Gasteiger partial charge in [0.2, 0.25) is 0 Å². The van der Waals surface area contributed by atoms with Gasteiger partial charge in [0, 0.05) is 16.6 Å².